The fraction of sp³-hybridized carbons (Fsp3) is 0.588. The highest BCUT2D eigenvalue weighted by atomic mass is 15.1. The van der Waals surface area contributed by atoms with Gasteiger partial charge in [-0.3, -0.25) is 0 Å². The molecule has 1 aliphatic rings. The van der Waals surface area contributed by atoms with Crippen LogP contribution in [-0.2, 0) is 6.54 Å². The van der Waals surface area contributed by atoms with E-state index in [1.54, 1.807) is 0 Å². The molecule has 0 unspecified atom stereocenters. The quantitative estimate of drug-likeness (QED) is 0.874. The van der Waals surface area contributed by atoms with Crippen molar-refractivity contribution in [1.82, 2.24) is 10.2 Å². The minimum atomic E-state index is 0.860. The molecule has 1 radical (unpaired) electrons. The van der Waals surface area contributed by atoms with Crippen molar-refractivity contribution in [3.05, 3.63) is 41.3 Å². The van der Waals surface area contributed by atoms with Crippen molar-refractivity contribution in [2.24, 2.45) is 5.92 Å². The Kier molecular flexibility index (Phi) is 5.41. The maximum absolute atomic E-state index is 3.62. The van der Waals surface area contributed by atoms with Crippen molar-refractivity contribution in [3.63, 3.8) is 0 Å². The number of likely N-dealkylation sites (tertiary alicyclic amines) is 1. The first-order valence-electron chi connectivity index (χ1n) is 7.44. The summed E-state index contributed by atoms with van der Waals surface area (Å²) in [4.78, 5) is 2.43. The molecule has 2 heteroatoms. The Bertz CT molecular complexity index is 379. The van der Waals surface area contributed by atoms with E-state index in [0.29, 0.717) is 0 Å². The zero-order valence-electron chi connectivity index (χ0n) is 12.6. The Hall–Kier alpha value is -0.860. The fourth-order valence-electron chi connectivity index (χ4n) is 2.68. The molecule has 0 saturated carbocycles. The van der Waals surface area contributed by atoms with E-state index >= 15 is 0 Å². The Morgan fingerprint density at radius 3 is 2.68 bits per heavy atom. The Labute approximate surface area is 118 Å². The lowest BCUT2D eigenvalue weighted by molar-refractivity contribution is 0.216. The molecule has 0 aliphatic carbocycles. The van der Waals surface area contributed by atoms with Crippen LogP contribution in [0, 0.1) is 11.8 Å². The van der Waals surface area contributed by atoms with E-state index in [0.717, 1.165) is 19.0 Å². The third kappa shape index (κ3) is 4.63. The van der Waals surface area contributed by atoms with Crippen LogP contribution in [0.4, 0.5) is 0 Å². The Morgan fingerprint density at radius 2 is 2.00 bits per heavy atom. The van der Waals surface area contributed by atoms with E-state index in [2.05, 4.69) is 55.4 Å². The minimum Gasteiger partial charge on any atom is -0.312 e. The van der Waals surface area contributed by atoms with Crippen molar-refractivity contribution in [2.75, 3.05) is 26.7 Å². The second-order valence-electron chi connectivity index (χ2n) is 6.08. The minimum absolute atomic E-state index is 0.860. The van der Waals surface area contributed by atoms with Crippen LogP contribution in [0.25, 0.3) is 0 Å². The van der Waals surface area contributed by atoms with Crippen molar-refractivity contribution >= 4 is 0 Å². The van der Waals surface area contributed by atoms with Gasteiger partial charge in [-0.25, -0.2) is 0 Å². The van der Waals surface area contributed by atoms with E-state index in [4.69, 9.17) is 0 Å². The second-order valence-corrected chi connectivity index (χ2v) is 6.08. The van der Waals surface area contributed by atoms with Crippen LogP contribution in [0.2, 0.25) is 0 Å². The largest absolute Gasteiger partial charge is 0.312 e. The molecule has 0 amide bonds. The van der Waals surface area contributed by atoms with Gasteiger partial charge in [-0.15, -0.1) is 0 Å². The van der Waals surface area contributed by atoms with Crippen LogP contribution in [0.15, 0.2) is 24.3 Å². The molecule has 0 bridgehead atoms. The molecule has 0 spiro atoms. The van der Waals surface area contributed by atoms with Gasteiger partial charge in [-0.2, -0.15) is 0 Å². The molecule has 2 rings (SSSR count). The molecule has 1 heterocycles. The van der Waals surface area contributed by atoms with E-state index in [-0.39, 0.29) is 0 Å². The summed E-state index contributed by atoms with van der Waals surface area (Å²) in [6, 6.07) is 8.87. The zero-order chi connectivity index (χ0) is 13.7. The molecule has 2 nitrogen and oxygen atoms in total. The average Bonchev–Trinajstić information content (AvgIpc) is 2.41. The molecule has 1 aromatic carbocycles. The number of piperidine rings is 1. The molecule has 19 heavy (non-hydrogen) atoms. The van der Waals surface area contributed by atoms with Gasteiger partial charge >= 0.3 is 0 Å². The number of benzene rings is 1. The highest BCUT2D eigenvalue weighted by molar-refractivity contribution is 5.32. The highest BCUT2D eigenvalue weighted by Gasteiger charge is 2.15. The molecule has 1 fully saturated rings. The van der Waals surface area contributed by atoms with E-state index < -0.39 is 0 Å². The summed E-state index contributed by atoms with van der Waals surface area (Å²) in [6.07, 6.45) is 2.68. The predicted molar refractivity (Wildman–Crippen MR) is 82.1 cm³/mol. The van der Waals surface area contributed by atoms with Crippen LogP contribution in [0.3, 0.4) is 0 Å². The van der Waals surface area contributed by atoms with Gasteiger partial charge < -0.3 is 10.2 Å². The van der Waals surface area contributed by atoms with Gasteiger partial charge in [0.2, 0.25) is 0 Å². The first-order valence-corrected chi connectivity index (χ1v) is 7.44. The lowest BCUT2D eigenvalue weighted by atomic mass is 9.97. The van der Waals surface area contributed by atoms with Crippen molar-refractivity contribution in [3.8, 4) is 0 Å². The van der Waals surface area contributed by atoms with Crippen molar-refractivity contribution < 1.29 is 0 Å². The maximum atomic E-state index is 3.62. The summed E-state index contributed by atoms with van der Waals surface area (Å²) in [5.74, 6) is 2.25. The average molecular weight is 259 g/mol. The number of hydrogen-bond acceptors (Lipinski definition) is 2. The summed E-state index contributed by atoms with van der Waals surface area (Å²) < 4.78 is 0. The zero-order valence-corrected chi connectivity index (χ0v) is 12.6. The lowest BCUT2D eigenvalue weighted by Crippen LogP contribution is -2.34. The summed E-state index contributed by atoms with van der Waals surface area (Å²) in [5.41, 5.74) is 2.75. The molecular weight excluding hydrogens is 232 g/mol. The van der Waals surface area contributed by atoms with Crippen LogP contribution < -0.4 is 5.32 Å². The number of hydrogen-bond donors (Lipinski definition) is 1. The summed E-state index contributed by atoms with van der Waals surface area (Å²) >= 11 is 0. The molecule has 1 aromatic rings. The highest BCUT2D eigenvalue weighted by Crippen LogP contribution is 2.16. The third-order valence-corrected chi connectivity index (χ3v) is 4.10. The predicted octanol–water partition coefficient (Wildman–Crippen LogP) is 3.08. The monoisotopic (exact) mass is 259 g/mol. The lowest BCUT2D eigenvalue weighted by Gasteiger charge is -2.29. The van der Waals surface area contributed by atoms with Gasteiger partial charge in [0, 0.05) is 6.54 Å². The Balaban J connectivity index is 1.75. The first-order chi connectivity index (χ1) is 9.15. The van der Waals surface area contributed by atoms with Crippen LogP contribution in [0.1, 0.15) is 37.8 Å². The molecule has 1 saturated heterocycles. The summed E-state index contributed by atoms with van der Waals surface area (Å²) in [7, 11) is 2.22. The standard InChI is InChI=1S/C17H27N2/c1-14(2)17-6-4-5-16(11-17)13-18-12-15-7-9-19(3)10-8-15/h4-6,11,15,18H,7-10,12-13H2,1-3H3. The van der Waals surface area contributed by atoms with Gasteiger partial charge in [-0.1, -0.05) is 38.1 Å². The van der Waals surface area contributed by atoms with E-state index in [1.165, 1.54) is 43.0 Å². The smallest absolute Gasteiger partial charge is 0.0205 e. The molecule has 105 valence electrons. The van der Waals surface area contributed by atoms with E-state index in [9.17, 15) is 0 Å². The van der Waals surface area contributed by atoms with Gasteiger partial charge in [0.25, 0.3) is 0 Å². The van der Waals surface area contributed by atoms with Gasteiger partial charge in [0.15, 0.2) is 0 Å². The normalized spacial score (nSPS) is 18.1. The summed E-state index contributed by atoms with van der Waals surface area (Å²) in [5, 5.41) is 3.62. The molecule has 0 atom stereocenters. The second kappa shape index (κ2) is 7.06. The van der Waals surface area contributed by atoms with Gasteiger partial charge in [-0.05, 0) is 62.5 Å². The van der Waals surface area contributed by atoms with Gasteiger partial charge in [0.1, 0.15) is 0 Å². The molecular formula is C17H27N2. The molecule has 1 aliphatic heterocycles. The fourth-order valence-corrected chi connectivity index (χ4v) is 2.68. The number of nitrogens with one attached hydrogen (secondary N) is 1. The SMILES string of the molecule is C[C](C)c1cccc(CNCC2CCN(C)CC2)c1. The van der Waals surface area contributed by atoms with Crippen molar-refractivity contribution in [2.45, 2.75) is 33.2 Å². The topological polar surface area (TPSA) is 15.3 Å². The third-order valence-electron chi connectivity index (χ3n) is 4.10. The number of nitrogens with zero attached hydrogens (tertiary/aromatic N) is 1. The first kappa shape index (κ1) is 14.5. The maximum Gasteiger partial charge on any atom is 0.0205 e. The number of rotatable bonds is 5. The summed E-state index contributed by atoms with van der Waals surface area (Å²) in [6.45, 7) is 9.01. The van der Waals surface area contributed by atoms with Crippen LogP contribution >= 0.6 is 0 Å². The van der Waals surface area contributed by atoms with E-state index in [1.807, 2.05) is 0 Å². The van der Waals surface area contributed by atoms with Gasteiger partial charge in [0.05, 0.1) is 0 Å². The van der Waals surface area contributed by atoms with Crippen molar-refractivity contribution in [1.29, 1.82) is 0 Å². The molecule has 1 N–H and O–H groups in total. The Morgan fingerprint density at radius 1 is 1.26 bits per heavy atom. The van der Waals surface area contributed by atoms with Crippen LogP contribution in [-0.4, -0.2) is 31.6 Å². The molecule has 0 aromatic heterocycles. The van der Waals surface area contributed by atoms with Crippen LogP contribution in [0.5, 0.6) is 0 Å².